The summed E-state index contributed by atoms with van der Waals surface area (Å²) in [5.41, 5.74) is 0.692. The maximum atomic E-state index is 12.0. The third-order valence-corrected chi connectivity index (χ3v) is 4.82. The topological polar surface area (TPSA) is 93.4 Å². The van der Waals surface area contributed by atoms with Crippen LogP contribution in [0.3, 0.4) is 0 Å². The second-order valence-electron chi connectivity index (χ2n) is 5.58. The van der Waals surface area contributed by atoms with E-state index in [0.29, 0.717) is 36.2 Å². The van der Waals surface area contributed by atoms with Crippen molar-refractivity contribution in [2.45, 2.75) is 40.3 Å². The van der Waals surface area contributed by atoms with Crippen LogP contribution in [0.2, 0.25) is 0 Å². The fourth-order valence-electron chi connectivity index (χ4n) is 2.27. The number of carbonyl (C=O) groups is 1. The van der Waals surface area contributed by atoms with Gasteiger partial charge in [0.15, 0.2) is 5.96 Å². The van der Waals surface area contributed by atoms with Crippen molar-refractivity contribution in [2.24, 2.45) is 4.99 Å². The summed E-state index contributed by atoms with van der Waals surface area (Å²) in [5, 5.41) is 11.5. The van der Waals surface area contributed by atoms with Gasteiger partial charge in [-0.15, -0.1) is 35.3 Å². The van der Waals surface area contributed by atoms with E-state index in [2.05, 4.69) is 25.7 Å². The maximum Gasteiger partial charge on any atom is 0.350 e. The largest absolute Gasteiger partial charge is 0.462 e. The number of carbonyl (C=O) groups excluding carboxylic acids is 1. The average molecular weight is 506 g/mol. The highest BCUT2D eigenvalue weighted by molar-refractivity contribution is 14.0. The summed E-state index contributed by atoms with van der Waals surface area (Å²) < 4.78 is 6.92. The van der Waals surface area contributed by atoms with Crippen LogP contribution in [0.1, 0.15) is 47.2 Å². The number of hydrogen-bond acceptors (Lipinski definition) is 6. The Balaban J connectivity index is 0.00000364. The molecule has 1 atom stereocenters. The Hall–Kier alpha value is -1.69. The van der Waals surface area contributed by atoms with Gasteiger partial charge in [0.05, 0.1) is 31.4 Å². The molecular weight excluding hydrogens is 479 g/mol. The summed E-state index contributed by atoms with van der Waals surface area (Å²) in [6, 6.07) is 1.81. The van der Waals surface area contributed by atoms with E-state index in [1.807, 2.05) is 37.7 Å². The number of esters is 1. The Kier molecular flexibility index (Phi) is 10.3. The minimum absolute atomic E-state index is 0. The van der Waals surface area contributed by atoms with Crippen molar-refractivity contribution < 1.29 is 9.53 Å². The zero-order chi connectivity index (χ0) is 18.9. The molecule has 0 fully saturated rings. The maximum absolute atomic E-state index is 12.0. The molecule has 0 aliphatic carbocycles. The van der Waals surface area contributed by atoms with Crippen LogP contribution in [0.15, 0.2) is 23.5 Å². The zero-order valence-electron chi connectivity index (χ0n) is 16.1. The Morgan fingerprint density at radius 2 is 2.22 bits per heavy atom. The summed E-state index contributed by atoms with van der Waals surface area (Å²) in [6.45, 7) is 10.0. The van der Waals surface area contributed by atoms with Gasteiger partial charge in [0, 0.05) is 18.9 Å². The number of ether oxygens (including phenoxy) is 1. The van der Waals surface area contributed by atoms with Gasteiger partial charge in [0.2, 0.25) is 0 Å². The smallest absolute Gasteiger partial charge is 0.350 e. The molecule has 2 aromatic heterocycles. The van der Waals surface area contributed by atoms with E-state index in [1.54, 1.807) is 13.1 Å². The van der Waals surface area contributed by atoms with Crippen LogP contribution in [-0.2, 0) is 11.3 Å². The first-order valence-corrected chi connectivity index (χ1v) is 9.53. The summed E-state index contributed by atoms with van der Waals surface area (Å²) in [5.74, 6) is 0.387. The molecule has 10 heteroatoms. The van der Waals surface area contributed by atoms with Crippen LogP contribution in [0.25, 0.3) is 0 Å². The van der Waals surface area contributed by atoms with Gasteiger partial charge in [-0.25, -0.2) is 9.78 Å². The van der Waals surface area contributed by atoms with Crippen molar-refractivity contribution in [3.8, 4) is 0 Å². The van der Waals surface area contributed by atoms with E-state index in [9.17, 15) is 4.79 Å². The van der Waals surface area contributed by atoms with Crippen LogP contribution in [0, 0.1) is 6.92 Å². The number of aryl methyl sites for hydroxylation is 1. The quantitative estimate of drug-likeness (QED) is 0.248. The molecule has 0 bridgehead atoms. The van der Waals surface area contributed by atoms with Crippen molar-refractivity contribution in [3.05, 3.63) is 34.0 Å². The van der Waals surface area contributed by atoms with Gasteiger partial charge in [-0.3, -0.25) is 9.67 Å². The number of thiazole rings is 1. The molecular formula is C17H27IN6O2S. The molecule has 27 heavy (non-hydrogen) atoms. The molecule has 0 aliphatic heterocycles. The average Bonchev–Trinajstić information content (AvgIpc) is 3.25. The highest BCUT2D eigenvalue weighted by Gasteiger charge is 2.20. The van der Waals surface area contributed by atoms with Crippen molar-refractivity contribution in [3.63, 3.8) is 0 Å². The number of nitrogens with zero attached hydrogens (tertiary/aromatic N) is 4. The lowest BCUT2D eigenvalue weighted by Crippen LogP contribution is -2.39. The first kappa shape index (κ1) is 23.3. The van der Waals surface area contributed by atoms with Crippen molar-refractivity contribution in [2.75, 3.05) is 19.7 Å². The Morgan fingerprint density at radius 3 is 2.85 bits per heavy atom. The second kappa shape index (κ2) is 11.9. The van der Waals surface area contributed by atoms with Crippen LogP contribution in [0.5, 0.6) is 0 Å². The molecule has 2 aromatic rings. The summed E-state index contributed by atoms with van der Waals surface area (Å²) in [7, 11) is 0. The minimum atomic E-state index is -0.319. The van der Waals surface area contributed by atoms with E-state index in [1.165, 1.54) is 11.3 Å². The van der Waals surface area contributed by atoms with E-state index >= 15 is 0 Å². The molecule has 0 aliphatic rings. The molecule has 2 N–H and O–H groups in total. The number of guanidine groups is 1. The van der Waals surface area contributed by atoms with Crippen LogP contribution < -0.4 is 10.6 Å². The van der Waals surface area contributed by atoms with E-state index in [-0.39, 0.29) is 36.0 Å². The molecule has 0 saturated heterocycles. The normalized spacial score (nSPS) is 12.2. The second-order valence-corrected chi connectivity index (χ2v) is 6.61. The molecule has 0 radical (unpaired) electrons. The fraction of sp³-hybridized carbons (Fsp3) is 0.529. The van der Waals surface area contributed by atoms with Crippen molar-refractivity contribution in [1.29, 1.82) is 0 Å². The molecule has 0 spiro atoms. The highest BCUT2D eigenvalue weighted by atomic mass is 127. The third-order valence-electron chi connectivity index (χ3n) is 3.50. The minimum Gasteiger partial charge on any atom is -0.462 e. The van der Waals surface area contributed by atoms with Gasteiger partial charge >= 0.3 is 5.97 Å². The number of aliphatic imine (C=N–C) groups is 1. The Bertz CT molecular complexity index is 732. The number of aromatic nitrogens is 3. The number of hydrogen-bond donors (Lipinski definition) is 2. The lowest BCUT2D eigenvalue weighted by Gasteiger charge is -2.16. The van der Waals surface area contributed by atoms with Crippen molar-refractivity contribution >= 4 is 47.2 Å². The molecule has 2 rings (SSSR count). The standard InChI is InChI=1S/C17H26N6O2S.HI/c1-5-18-17(19-9-11-23-10-7-8-20-23)22-13(4)15-21-12(3)14(26-15)16(24)25-6-2;/h7-8,10,13H,5-6,9,11H2,1-4H3,(H2,18,19,22);1H. The van der Waals surface area contributed by atoms with Crippen LogP contribution in [-0.4, -0.2) is 46.4 Å². The molecule has 150 valence electrons. The predicted molar refractivity (Wildman–Crippen MR) is 118 cm³/mol. The lowest BCUT2D eigenvalue weighted by molar-refractivity contribution is 0.0531. The van der Waals surface area contributed by atoms with Gasteiger partial charge in [0.25, 0.3) is 0 Å². The first-order valence-electron chi connectivity index (χ1n) is 8.71. The van der Waals surface area contributed by atoms with Crippen LogP contribution in [0.4, 0.5) is 0 Å². The number of halogens is 1. The Morgan fingerprint density at radius 1 is 1.44 bits per heavy atom. The van der Waals surface area contributed by atoms with E-state index in [0.717, 1.165) is 11.6 Å². The number of rotatable bonds is 8. The van der Waals surface area contributed by atoms with Crippen LogP contribution >= 0.6 is 35.3 Å². The SMILES string of the molecule is CCNC(=NCCn1cccn1)NC(C)c1nc(C)c(C(=O)OCC)s1.I. The van der Waals surface area contributed by atoms with E-state index < -0.39 is 0 Å². The summed E-state index contributed by atoms with van der Waals surface area (Å²) in [4.78, 5) is 21.6. The van der Waals surface area contributed by atoms with Gasteiger partial charge in [-0.1, -0.05) is 0 Å². The van der Waals surface area contributed by atoms with E-state index in [4.69, 9.17) is 4.74 Å². The number of nitrogens with one attached hydrogen (secondary N) is 2. The van der Waals surface area contributed by atoms with Gasteiger partial charge < -0.3 is 15.4 Å². The summed E-state index contributed by atoms with van der Waals surface area (Å²) >= 11 is 1.35. The fourth-order valence-corrected chi connectivity index (χ4v) is 3.24. The molecule has 8 nitrogen and oxygen atoms in total. The highest BCUT2D eigenvalue weighted by Crippen LogP contribution is 2.24. The predicted octanol–water partition coefficient (Wildman–Crippen LogP) is 2.76. The third kappa shape index (κ3) is 7.09. The van der Waals surface area contributed by atoms with Gasteiger partial charge in [-0.2, -0.15) is 5.10 Å². The molecule has 0 amide bonds. The van der Waals surface area contributed by atoms with Crippen molar-refractivity contribution in [1.82, 2.24) is 25.4 Å². The first-order chi connectivity index (χ1) is 12.5. The molecule has 0 saturated carbocycles. The summed E-state index contributed by atoms with van der Waals surface area (Å²) in [6.07, 6.45) is 3.66. The molecule has 1 unspecified atom stereocenters. The van der Waals surface area contributed by atoms with Gasteiger partial charge in [0.1, 0.15) is 9.88 Å². The zero-order valence-corrected chi connectivity index (χ0v) is 19.2. The lowest BCUT2D eigenvalue weighted by atomic mass is 10.3. The molecule has 2 heterocycles. The van der Waals surface area contributed by atoms with Gasteiger partial charge in [-0.05, 0) is 33.8 Å². The Labute approximate surface area is 180 Å². The molecule has 0 aromatic carbocycles. The monoisotopic (exact) mass is 506 g/mol.